The average molecular weight is 628 g/mol. The van der Waals surface area contributed by atoms with Crippen LogP contribution >= 0.6 is 24.0 Å². The Kier molecular flexibility index (Phi) is 10.2. The number of pyridine rings is 1. The van der Waals surface area contributed by atoms with Gasteiger partial charge in [0.25, 0.3) is 11.5 Å². The molecule has 0 unspecified atom stereocenters. The highest BCUT2D eigenvalue weighted by Gasteiger charge is 2.33. The lowest BCUT2D eigenvalue weighted by Gasteiger charge is -2.38. The summed E-state index contributed by atoms with van der Waals surface area (Å²) in [6.07, 6.45) is 3.24. The van der Waals surface area contributed by atoms with E-state index >= 15 is 0 Å². The number of rotatable bonds is 10. The Labute approximate surface area is 268 Å². The zero-order valence-electron chi connectivity index (χ0n) is 25.4. The fraction of sp³-hybridized carbons (Fsp3) is 0.353. The highest BCUT2D eigenvalue weighted by atomic mass is 32.2. The van der Waals surface area contributed by atoms with Gasteiger partial charge in [-0.3, -0.25) is 24.0 Å². The van der Waals surface area contributed by atoms with E-state index in [-0.39, 0.29) is 17.0 Å². The molecule has 0 spiro atoms. The minimum Gasteiger partial charge on any atom is -0.497 e. The van der Waals surface area contributed by atoms with Crippen molar-refractivity contribution >= 4 is 46.1 Å². The summed E-state index contributed by atoms with van der Waals surface area (Å²) in [5.74, 6) is 1.40. The highest BCUT2D eigenvalue weighted by Crippen LogP contribution is 2.36. The Hall–Kier alpha value is -3.91. The molecule has 0 bridgehead atoms. The molecule has 3 aromatic rings. The number of piperazine rings is 1. The van der Waals surface area contributed by atoms with Gasteiger partial charge < -0.3 is 9.64 Å². The first-order valence-electron chi connectivity index (χ1n) is 14.9. The molecule has 1 aromatic heterocycles. The molecule has 0 saturated carbocycles. The van der Waals surface area contributed by atoms with Crippen molar-refractivity contribution in [2.45, 2.75) is 39.8 Å². The second-order valence-corrected chi connectivity index (χ2v) is 12.7. The molecule has 2 saturated heterocycles. The molecule has 0 N–H and O–H groups in total. The number of methoxy groups -OCH3 is 1. The molecular formula is C34H37N5O3S2. The molecule has 0 radical (unpaired) electrons. The van der Waals surface area contributed by atoms with Gasteiger partial charge in [0.1, 0.15) is 27.5 Å². The lowest BCUT2D eigenvalue weighted by molar-refractivity contribution is -0.122. The summed E-state index contributed by atoms with van der Waals surface area (Å²) < 4.78 is 7.48. The van der Waals surface area contributed by atoms with Gasteiger partial charge in [0, 0.05) is 51.4 Å². The molecule has 2 aliphatic rings. The number of thiocarbonyl (C=S) groups is 1. The zero-order chi connectivity index (χ0) is 31.2. The van der Waals surface area contributed by atoms with Crippen LogP contribution in [0.5, 0.6) is 5.75 Å². The molecule has 2 aliphatic heterocycles. The Morgan fingerprint density at radius 2 is 1.70 bits per heavy atom. The summed E-state index contributed by atoms with van der Waals surface area (Å²) in [6, 6.07) is 20.4. The van der Waals surface area contributed by atoms with Crippen LogP contribution in [-0.4, -0.2) is 64.4 Å². The van der Waals surface area contributed by atoms with Crippen LogP contribution < -0.4 is 15.2 Å². The van der Waals surface area contributed by atoms with Gasteiger partial charge in [0.05, 0.1) is 12.0 Å². The number of nitrogens with zero attached hydrogens (tertiary/aromatic N) is 5. The maximum atomic E-state index is 13.7. The van der Waals surface area contributed by atoms with E-state index in [4.69, 9.17) is 17.0 Å². The van der Waals surface area contributed by atoms with Crippen LogP contribution in [0, 0.1) is 18.3 Å². The van der Waals surface area contributed by atoms with Crippen LogP contribution in [0.2, 0.25) is 0 Å². The maximum Gasteiger partial charge on any atom is 0.270 e. The highest BCUT2D eigenvalue weighted by molar-refractivity contribution is 8.26. The van der Waals surface area contributed by atoms with Crippen LogP contribution in [0.3, 0.4) is 0 Å². The molecule has 10 heteroatoms. The fourth-order valence-corrected chi connectivity index (χ4v) is 7.02. The van der Waals surface area contributed by atoms with Gasteiger partial charge in [0.15, 0.2) is 0 Å². The van der Waals surface area contributed by atoms with Gasteiger partial charge in [-0.25, -0.2) is 0 Å². The Balaban J connectivity index is 1.44. The topological polar surface area (TPSA) is 81.8 Å². The molecule has 2 fully saturated rings. The number of carbonyl (C=O) groups is 1. The largest absolute Gasteiger partial charge is 0.497 e. The second kappa shape index (κ2) is 14.2. The number of amides is 1. The number of hydrogen-bond donors (Lipinski definition) is 0. The maximum absolute atomic E-state index is 13.7. The summed E-state index contributed by atoms with van der Waals surface area (Å²) in [7, 11) is 1.63. The number of thioether (sulfide) groups is 1. The quantitative estimate of drug-likeness (QED) is 0.224. The fourth-order valence-electron chi connectivity index (χ4n) is 5.73. The number of ether oxygens (including phenoxy) is 1. The van der Waals surface area contributed by atoms with E-state index in [0.29, 0.717) is 34.3 Å². The van der Waals surface area contributed by atoms with Crippen LogP contribution in [0.25, 0.3) is 6.08 Å². The third-order valence-electron chi connectivity index (χ3n) is 8.15. The third-order valence-corrected chi connectivity index (χ3v) is 9.52. The van der Waals surface area contributed by atoms with Gasteiger partial charge in [-0.05, 0) is 54.7 Å². The van der Waals surface area contributed by atoms with Crippen molar-refractivity contribution in [1.82, 2.24) is 14.4 Å². The van der Waals surface area contributed by atoms with E-state index in [9.17, 15) is 14.9 Å². The average Bonchev–Trinajstić information content (AvgIpc) is 3.31. The van der Waals surface area contributed by atoms with Crippen molar-refractivity contribution in [2.24, 2.45) is 0 Å². The monoisotopic (exact) mass is 627 g/mol. The van der Waals surface area contributed by atoms with Crippen molar-refractivity contribution in [2.75, 3.05) is 44.7 Å². The molecule has 1 amide bonds. The zero-order valence-corrected chi connectivity index (χ0v) is 27.0. The van der Waals surface area contributed by atoms with Crippen molar-refractivity contribution in [3.63, 3.8) is 0 Å². The van der Waals surface area contributed by atoms with E-state index in [2.05, 4.69) is 40.1 Å². The summed E-state index contributed by atoms with van der Waals surface area (Å²) in [6.45, 7) is 8.77. The number of nitriles is 1. The molecule has 228 valence electrons. The van der Waals surface area contributed by atoms with Crippen molar-refractivity contribution in [3.8, 4) is 11.8 Å². The van der Waals surface area contributed by atoms with Crippen LogP contribution in [-0.2, 0) is 24.3 Å². The van der Waals surface area contributed by atoms with Gasteiger partial charge in [-0.15, -0.1) is 0 Å². The number of benzene rings is 2. The predicted octanol–water partition coefficient (Wildman–Crippen LogP) is 5.21. The van der Waals surface area contributed by atoms with Gasteiger partial charge in [-0.1, -0.05) is 73.4 Å². The smallest absolute Gasteiger partial charge is 0.270 e. The SMILES string of the molecule is CCCn1c(N2CCN(Cc3ccccc3)CC2)c(/C=C2/SC(=S)N(CCc3ccc(OC)cc3)C2=O)c(C)c(C#N)c1=O. The Morgan fingerprint density at radius 3 is 2.34 bits per heavy atom. The van der Waals surface area contributed by atoms with E-state index in [1.54, 1.807) is 16.6 Å². The first-order valence-corrected chi connectivity index (χ1v) is 16.1. The molecule has 8 nitrogen and oxygen atoms in total. The molecule has 3 heterocycles. The lowest BCUT2D eigenvalue weighted by atomic mass is 10.0. The molecule has 5 rings (SSSR count). The van der Waals surface area contributed by atoms with E-state index in [1.165, 1.54) is 17.3 Å². The third kappa shape index (κ3) is 6.75. The lowest BCUT2D eigenvalue weighted by Crippen LogP contribution is -2.48. The molecule has 0 aliphatic carbocycles. The minimum atomic E-state index is -0.280. The number of aromatic nitrogens is 1. The molecule has 44 heavy (non-hydrogen) atoms. The van der Waals surface area contributed by atoms with Crippen LogP contribution in [0.15, 0.2) is 64.3 Å². The molecule has 2 aromatic carbocycles. The minimum absolute atomic E-state index is 0.117. The number of hydrogen-bond acceptors (Lipinski definition) is 8. The van der Waals surface area contributed by atoms with Crippen LogP contribution in [0.4, 0.5) is 5.82 Å². The Bertz CT molecular complexity index is 1650. The number of carbonyl (C=O) groups excluding carboxylic acids is 1. The van der Waals surface area contributed by atoms with Gasteiger partial charge >= 0.3 is 0 Å². The Morgan fingerprint density at radius 1 is 1.00 bits per heavy atom. The van der Waals surface area contributed by atoms with E-state index in [0.717, 1.165) is 61.8 Å². The summed E-state index contributed by atoms with van der Waals surface area (Å²) in [5, 5.41) is 9.99. The molecular weight excluding hydrogens is 591 g/mol. The van der Waals surface area contributed by atoms with E-state index < -0.39 is 0 Å². The van der Waals surface area contributed by atoms with E-state index in [1.807, 2.05) is 50.3 Å². The summed E-state index contributed by atoms with van der Waals surface area (Å²) in [5.41, 5.74) is 3.52. The summed E-state index contributed by atoms with van der Waals surface area (Å²) in [4.78, 5) is 34.0. The first-order chi connectivity index (χ1) is 21.3. The van der Waals surface area contributed by atoms with Crippen LogP contribution in [0.1, 0.15) is 41.2 Å². The van der Waals surface area contributed by atoms with Gasteiger partial charge in [-0.2, -0.15) is 5.26 Å². The standard InChI is InChI=1S/C34H37N5O3S2/c1-4-15-38-31(37-19-17-36(18-20-37)23-26-8-6-5-7-9-26)28(24(2)29(22-35)32(38)40)21-30-33(41)39(34(43)44-30)16-14-25-10-12-27(42-3)13-11-25/h5-13,21H,4,14-20,23H2,1-3H3/b30-21+. The van der Waals surface area contributed by atoms with Gasteiger partial charge in [0.2, 0.25) is 0 Å². The van der Waals surface area contributed by atoms with Crippen molar-refractivity contribution in [1.29, 1.82) is 5.26 Å². The summed E-state index contributed by atoms with van der Waals surface area (Å²) >= 11 is 6.92. The first kappa shape index (κ1) is 31.5. The van der Waals surface area contributed by atoms with Crippen molar-refractivity contribution in [3.05, 3.63) is 97.7 Å². The second-order valence-electron chi connectivity index (χ2n) is 11.0. The predicted molar refractivity (Wildman–Crippen MR) is 181 cm³/mol. The van der Waals surface area contributed by atoms with Crippen molar-refractivity contribution < 1.29 is 9.53 Å². The molecule has 0 atom stereocenters. The number of anilines is 1. The normalized spacial score (nSPS) is 16.5.